The van der Waals surface area contributed by atoms with Crippen molar-refractivity contribution in [3.63, 3.8) is 0 Å². The monoisotopic (exact) mass is 370 g/mol. The van der Waals surface area contributed by atoms with Gasteiger partial charge in [-0.1, -0.05) is 6.07 Å². The highest BCUT2D eigenvalue weighted by atomic mass is 16.6. The van der Waals surface area contributed by atoms with E-state index in [0.717, 1.165) is 10.9 Å². The number of hydrogen-bond acceptors (Lipinski definition) is 8. The maximum absolute atomic E-state index is 11.5. The topological polar surface area (TPSA) is 119 Å². The largest absolute Gasteiger partial charge is 0.468 e. The molecule has 1 aromatic carbocycles. The van der Waals surface area contributed by atoms with E-state index in [1.807, 2.05) is 12.1 Å². The zero-order chi connectivity index (χ0) is 19.4. The molecule has 0 aliphatic carbocycles. The van der Waals surface area contributed by atoms with Crippen LogP contribution in [0.25, 0.3) is 10.9 Å². The van der Waals surface area contributed by atoms with Gasteiger partial charge in [0, 0.05) is 24.6 Å². The van der Waals surface area contributed by atoms with E-state index in [1.165, 1.54) is 26.4 Å². The lowest BCUT2D eigenvalue weighted by molar-refractivity contribution is -0.146. The molecule has 3 aromatic rings. The average Bonchev–Trinajstić information content (AvgIpc) is 3.05. The summed E-state index contributed by atoms with van der Waals surface area (Å²) in [5.74, 6) is -0.0725. The van der Waals surface area contributed by atoms with Gasteiger partial charge in [0.25, 0.3) is 0 Å². The van der Waals surface area contributed by atoms with E-state index < -0.39 is 12.2 Å². The van der Waals surface area contributed by atoms with Crippen LogP contribution < -0.4 is 10.5 Å². The third-order valence-electron chi connectivity index (χ3n) is 3.76. The summed E-state index contributed by atoms with van der Waals surface area (Å²) in [6.45, 7) is 1.36. The lowest BCUT2D eigenvalue weighted by atomic mass is 10.2. The molecule has 2 heterocycles. The second kappa shape index (κ2) is 7.83. The molecule has 1 unspecified atom stereocenters. The number of fused-ring (bicyclic) bond motifs is 1. The lowest BCUT2D eigenvalue weighted by Gasteiger charge is -2.12. The molecule has 0 radical (unpaired) electrons. The van der Waals surface area contributed by atoms with Gasteiger partial charge in [-0.05, 0) is 18.2 Å². The SMILES string of the molecule is COC(=O)Cn1ccc2c(Oc3cc(C(N)OC(C)=O)ncn3)cccc21. The highest BCUT2D eigenvalue weighted by molar-refractivity contribution is 5.87. The summed E-state index contributed by atoms with van der Waals surface area (Å²) in [7, 11) is 1.34. The first-order chi connectivity index (χ1) is 13.0. The molecule has 3 rings (SSSR count). The average molecular weight is 370 g/mol. The fraction of sp³-hybridized carbons (Fsp3) is 0.222. The highest BCUT2D eigenvalue weighted by Crippen LogP contribution is 2.30. The molecule has 0 amide bonds. The van der Waals surface area contributed by atoms with Crippen LogP contribution >= 0.6 is 0 Å². The summed E-state index contributed by atoms with van der Waals surface area (Å²) in [6, 6.07) is 8.78. The molecular formula is C18H18N4O5. The molecule has 9 nitrogen and oxygen atoms in total. The summed E-state index contributed by atoms with van der Waals surface area (Å²) in [6.07, 6.45) is 2.04. The van der Waals surface area contributed by atoms with Gasteiger partial charge < -0.3 is 18.8 Å². The number of aromatic nitrogens is 3. The summed E-state index contributed by atoms with van der Waals surface area (Å²) >= 11 is 0. The predicted octanol–water partition coefficient (Wildman–Crippen LogP) is 1.92. The minimum Gasteiger partial charge on any atom is -0.468 e. The molecule has 9 heteroatoms. The van der Waals surface area contributed by atoms with Crippen LogP contribution in [-0.4, -0.2) is 33.6 Å². The molecule has 0 spiro atoms. The summed E-state index contributed by atoms with van der Waals surface area (Å²) in [5.41, 5.74) is 6.90. The van der Waals surface area contributed by atoms with Crippen molar-refractivity contribution in [2.24, 2.45) is 5.73 Å². The van der Waals surface area contributed by atoms with E-state index in [-0.39, 0.29) is 18.4 Å². The van der Waals surface area contributed by atoms with E-state index in [1.54, 1.807) is 22.9 Å². The van der Waals surface area contributed by atoms with Gasteiger partial charge >= 0.3 is 11.9 Å². The van der Waals surface area contributed by atoms with Gasteiger partial charge in [0.15, 0.2) is 6.23 Å². The zero-order valence-electron chi connectivity index (χ0n) is 14.8. The van der Waals surface area contributed by atoms with Gasteiger partial charge in [-0.3, -0.25) is 15.3 Å². The molecule has 140 valence electrons. The Balaban J connectivity index is 1.87. The number of carbonyl (C=O) groups excluding carboxylic acids is 2. The van der Waals surface area contributed by atoms with Crippen molar-refractivity contribution < 1.29 is 23.8 Å². The smallest absolute Gasteiger partial charge is 0.325 e. The van der Waals surface area contributed by atoms with Crippen molar-refractivity contribution in [3.05, 3.63) is 48.5 Å². The van der Waals surface area contributed by atoms with E-state index >= 15 is 0 Å². The molecular weight excluding hydrogens is 352 g/mol. The normalized spacial score (nSPS) is 11.8. The number of nitrogens with zero attached hydrogens (tertiary/aromatic N) is 3. The molecule has 0 aliphatic heterocycles. The third-order valence-corrected chi connectivity index (χ3v) is 3.76. The van der Waals surface area contributed by atoms with Gasteiger partial charge in [-0.15, -0.1) is 0 Å². The number of ether oxygens (including phenoxy) is 3. The number of hydrogen-bond donors (Lipinski definition) is 1. The maximum atomic E-state index is 11.5. The van der Waals surface area contributed by atoms with Crippen molar-refractivity contribution in [2.75, 3.05) is 7.11 Å². The fourth-order valence-electron chi connectivity index (χ4n) is 2.54. The number of esters is 2. The summed E-state index contributed by atoms with van der Waals surface area (Å²) in [4.78, 5) is 30.6. The quantitative estimate of drug-likeness (QED) is 0.516. The Morgan fingerprint density at radius 3 is 2.81 bits per heavy atom. The van der Waals surface area contributed by atoms with Crippen molar-refractivity contribution >= 4 is 22.8 Å². The van der Waals surface area contributed by atoms with Gasteiger partial charge in [-0.25, -0.2) is 9.97 Å². The minimum atomic E-state index is -1.01. The molecule has 2 aromatic heterocycles. The Bertz CT molecular complexity index is 985. The molecule has 0 saturated heterocycles. The highest BCUT2D eigenvalue weighted by Gasteiger charge is 2.14. The van der Waals surface area contributed by atoms with E-state index in [2.05, 4.69) is 9.97 Å². The van der Waals surface area contributed by atoms with Crippen molar-refractivity contribution in [3.8, 4) is 11.6 Å². The predicted molar refractivity (Wildman–Crippen MR) is 94.8 cm³/mol. The Morgan fingerprint density at radius 1 is 1.26 bits per heavy atom. The minimum absolute atomic E-state index is 0.0956. The molecule has 27 heavy (non-hydrogen) atoms. The Kier molecular flexibility index (Phi) is 5.32. The first-order valence-electron chi connectivity index (χ1n) is 8.05. The van der Waals surface area contributed by atoms with Gasteiger partial charge in [0.2, 0.25) is 5.88 Å². The second-order valence-corrected chi connectivity index (χ2v) is 5.62. The first-order valence-corrected chi connectivity index (χ1v) is 8.05. The van der Waals surface area contributed by atoms with E-state index in [0.29, 0.717) is 11.4 Å². The van der Waals surface area contributed by atoms with Gasteiger partial charge in [0.05, 0.1) is 12.6 Å². The van der Waals surface area contributed by atoms with Gasteiger partial charge in [-0.2, -0.15) is 0 Å². The molecule has 0 bridgehead atoms. The van der Waals surface area contributed by atoms with Crippen LogP contribution in [0.2, 0.25) is 0 Å². The Morgan fingerprint density at radius 2 is 2.07 bits per heavy atom. The van der Waals surface area contributed by atoms with Gasteiger partial charge in [0.1, 0.15) is 24.3 Å². The van der Waals surface area contributed by atoms with Crippen LogP contribution in [0.3, 0.4) is 0 Å². The molecule has 2 N–H and O–H groups in total. The number of benzene rings is 1. The number of rotatable bonds is 6. The number of methoxy groups -OCH3 is 1. The van der Waals surface area contributed by atoms with Crippen molar-refractivity contribution in [1.29, 1.82) is 0 Å². The fourth-order valence-corrected chi connectivity index (χ4v) is 2.54. The van der Waals surface area contributed by atoms with E-state index in [4.69, 9.17) is 19.9 Å². The van der Waals surface area contributed by atoms with Crippen LogP contribution in [-0.2, 0) is 25.6 Å². The Hall–Kier alpha value is -3.46. The van der Waals surface area contributed by atoms with Crippen LogP contribution in [0.1, 0.15) is 18.8 Å². The summed E-state index contributed by atoms with van der Waals surface area (Å²) in [5, 5.41) is 0.797. The molecule has 0 saturated carbocycles. The molecule has 0 fully saturated rings. The number of carbonyl (C=O) groups is 2. The maximum Gasteiger partial charge on any atom is 0.325 e. The standard InChI is InChI=1S/C18H18N4O5/c1-11(23)26-18(19)13-8-16(21-10-20-13)27-15-5-3-4-14-12(15)6-7-22(14)9-17(24)25-2/h3-8,10,18H,9,19H2,1-2H3. The summed E-state index contributed by atoms with van der Waals surface area (Å²) < 4.78 is 17.2. The van der Waals surface area contributed by atoms with Crippen molar-refractivity contribution in [1.82, 2.24) is 14.5 Å². The van der Waals surface area contributed by atoms with Crippen LogP contribution in [0.4, 0.5) is 0 Å². The lowest BCUT2D eigenvalue weighted by Crippen LogP contribution is -2.18. The molecule has 1 atom stereocenters. The first kappa shape index (κ1) is 18.3. The zero-order valence-corrected chi connectivity index (χ0v) is 14.8. The van der Waals surface area contributed by atoms with Crippen molar-refractivity contribution in [2.45, 2.75) is 19.7 Å². The van der Waals surface area contributed by atoms with E-state index in [9.17, 15) is 9.59 Å². The van der Waals surface area contributed by atoms with Crippen LogP contribution in [0.5, 0.6) is 11.6 Å². The molecule has 0 aliphatic rings. The Labute approximate surface area is 154 Å². The third kappa shape index (κ3) is 4.21. The van der Waals surface area contributed by atoms with Crippen LogP contribution in [0.15, 0.2) is 42.9 Å². The second-order valence-electron chi connectivity index (χ2n) is 5.62. The number of nitrogens with two attached hydrogens (primary N) is 1. The van der Waals surface area contributed by atoms with Crippen LogP contribution in [0, 0.1) is 0 Å².